The average molecular weight is 279 g/mol. The quantitative estimate of drug-likeness (QED) is 0.833. The van der Waals surface area contributed by atoms with Crippen LogP contribution < -0.4 is 0 Å². The number of piperidine rings is 1. The molecule has 0 aromatic carbocycles. The Labute approximate surface area is 118 Å². The Hall–Kier alpha value is -0.870. The number of nitrogens with zero attached hydrogens (tertiary/aromatic N) is 1. The van der Waals surface area contributed by atoms with Crippen molar-refractivity contribution in [2.24, 2.45) is 0 Å². The lowest BCUT2D eigenvalue weighted by molar-refractivity contribution is 0.0350. The van der Waals surface area contributed by atoms with Crippen molar-refractivity contribution in [3.63, 3.8) is 0 Å². The summed E-state index contributed by atoms with van der Waals surface area (Å²) in [5, 5.41) is 2.08. The number of likely N-dealkylation sites (tertiary alicyclic amines) is 1. The molecule has 0 bridgehead atoms. The molecule has 1 saturated heterocycles. The van der Waals surface area contributed by atoms with Crippen molar-refractivity contribution < 1.29 is 9.53 Å². The maximum Gasteiger partial charge on any atom is 0.254 e. The molecule has 3 nitrogen and oxygen atoms in total. The van der Waals surface area contributed by atoms with Crippen LogP contribution in [0, 0.1) is 0 Å². The van der Waals surface area contributed by atoms with E-state index in [1.165, 1.54) is 29.7 Å². The van der Waals surface area contributed by atoms with Crippen LogP contribution in [0.5, 0.6) is 0 Å². The largest absolute Gasteiger partial charge is 0.381 e. The first-order valence-corrected chi connectivity index (χ1v) is 8.09. The van der Waals surface area contributed by atoms with Gasteiger partial charge in [-0.3, -0.25) is 4.79 Å². The van der Waals surface area contributed by atoms with Crippen LogP contribution in [0.1, 0.15) is 46.5 Å². The van der Waals surface area contributed by atoms with Gasteiger partial charge in [0, 0.05) is 30.5 Å². The molecule has 2 aliphatic rings. The molecule has 0 N–H and O–H groups in total. The van der Waals surface area contributed by atoms with Crippen molar-refractivity contribution in [1.82, 2.24) is 4.90 Å². The minimum Gasteiger partial charge on any atom is -0.381 e. The summed E-state index contributed by atoms with van der Waals surface area (Å²) in [6.07, 6.45) is 7.03. The third-order valence-electron chi connectivity index (χ3n) is 4.35. The minimum absolute atomic E-state index is 0.244. The average Bonchev–Trinajstić information content (AvgIpc) is 2.90. The molecular formula is C15H21NO2S. The highest BCUT2D eigenvalue weighted by molar-refractivity contribution is 7.10. The Morgan fingerprint density at radius 2 is 2.05 bits per heavy atom. The molecule has 1 amide bonds. The van der Waals surface area contributed by atoms with Gasteiger partial charge in [-0.05, 0) is 44.1 Å². The van der Waals surface area contributed by atoms with Crippen LogP contribution in [0.25, 0.3) is 0 Å². The van der Waals surface area contributed by atoms with Gasteiger partial charge < -0.3 is 9.64 Å². The monoisotopic (exact) mass is 279 g/mol. The number of carbonyl (C=O) groups excluding carboxylic acids is 1. The van der Waals surface area contributed by atoms with Crippen LogP contribution in [-0.4, -0.2) is 37.1 Å². The third kappa shape index (κ3) is 2.56. The predicted octanol–water partition coefficient (Wildman–Crippen LogP) is 2.88. The van der Waals surface area contributed by atoms with Crippen LogP contribution in [0.15, 0.2) is 5.38 Å². The zero-order valence-electron chi connectivity index (χ0n) is 11.5. The topological polar surface area (TPSA) is 29.5 Å². The van der Waals surface area contributed by atoms with Crippen LogP contribution >= 0.6 is 11.3 Å². The van der Waals surface area contributed by atoms with Gasteiger partial charge in [-0.2, -0.15) is 0 Å². The lowest BCUT2D eigenvalue weighted by Gasteiger charge is -2.31. The minimum atomic E-state index is 0.244. The van der Waals surface area contributed by atoms with Gasteiger partial charge in [0.25, 0.3) is 5.91 Å². The Morgan fingerprint density at radius 3 is 2.79 bits per heavy atom. The van der Waals surface area contributed by atoms with Gasteiger partial charge in [-0.1, -0.05) is 0 Å². The maximum absolute atomic E-state index is 12.6. The molecule has 3 rings (SSSR count). The van der Waals surface area contributed by atoms with Gasteiger partial charge in [0.15, 0.2) is 0 Å². The van der Waals surface area contributed by atoms with Gasteiger partial charge >= 0.3 is 0 Å². The number of methoxy groups -OCH3 is 1. The fraction of sp³-hybridized carbons (Fsp3) is 0.667. The van der Waals surface area contributed by atoms with E-state index in [9.17, 15) is 4.79 Å². The summed E-state index contributed by atoms with van der Waals surface area (Å²) in [5.41, 5.74) is 2.32. The van der Waals surface area contributed by atoms with E-state index in [1.54, 1.807) is 18.4 Å². The molecule has 0 saturated carbocycles. The zero-order valence-corrected chi connectivity index (χ0v) is 12.3. The van der Waals surface area contributed by atoms with E-state index in [1.807, 2.05) is 4.90 Å². The van der Waals surface area contributed by atoms with Crippen molar-refractivity contribution in [3.05, 3.63) is 21.4 Å². The van der Waals surface area contributed by atoms with E-state index in [-0.39, 0.29) is 5.91 Å². The maximum atomic E-state index is 12.6. The molecule has 19 heavy (non-hydrogen) atoms. The van der Waals surface area contributed by atoms with Crippen molar-refractivity contribution in [3.8, 4) is 0 Å². The fourth-order valence-corrected chi connectivity index (χ4v) is 4.26. The molecule has 1 aromatic heterocycles. The highest BCUT2D eigenvalue weighted by atomic mass is 32.1. The summed E-state index contributed by atoms with van der Waals surface area (Å²) in [5.74, 6) is 0.244. The number of hydrogen-bond donors (Lipinski definition) is 0. The summed E-state index contributed by atoms with van der Waals surface area (Å²) in [4.78, 5) is 16.1. The van der Waals surface area contributed by atoms with E-state index in [0.717, 1.165) is 37.9 Å². The SMILES string of the molecule is COC1CCN(C(=O)c2csc3c2CCCC3)CC1. The van der Waals surface area contributed by atoms with Crippen LogP contribution in [0.4, 0.5) is 0 Å². The summed E-state index contributed by atoms with van der Waals surface area (Å²) >= 11 is 1.78. The van der Waals surface area contributed by atoms with Crippen molar-refractivity contribution in [2.45, 2.75) is 44.6 Å². The second-order valence-electron chi connectivity index (χ2n) is 5.49. The number of hydrogen-bond acceptors (Lipinski definition) is 3. The number of fused-ring (bicyclic) bond motifs is 1. The Balaban J connectivity index is 1.72. The second kappa shape index (κ2) is 5.63. The molecule has 0 unspecified atom stereocenters. The first kappa shape index (κ1) is 13.1. The lowest BCUT2D eigenvalue weighted by Crippen LogP contribution is -2.40. The highest BCUT2D eigenvalue weighted by Crippen LogP contribution is 2.31. The molecule has 0 atom stereocenters. The normalized spacial score (nSPS) is 20.4. The van der Waals surface area contributed by atoms with Gasteiger partial charge in [0.2, 0.25) is 0 Å². The third-order valence-corrected chi connectivity index (χ3v) is 5.44. The second-order valence-corrected chi connectivity index (χ2v) is 6.45. The van der Waals surface area contributed by atoms with E-state index < -0.39 is 0 Å². The van der Waals surface area contributed by atoms with Crippen molar-refractivity contribution in [2.75, 3.05) is 20.2 Å². The van der Waals surface area contributed by atoms with E-state index in [4.69, 9.17) is 4.74 Å². The lowest BCUT2D eigenvalue weighted by atomic mass is 9.95. The molecule has 0 radical (unpaired) electrons. The van der Waals surface area contributed by atoms with Crippen LogP contribution in [-0.2, 0) is 17.6 Å². The molecule has 4 heteroatoms. The Kier molecular flexibility index (Phi) is 3.89. The first-order chi connectivity index (χ1) is 9.29. The molecule has 104 valence electrons. The molecule has 1 aromatic rings. The predicted molar refractivity (Wildman–Crippen MR) is 76.9 cm³/mol. The van der Waals surface area contributed by atoms with Gasteiger partial charge in [0.05, 0.1) is 11.7 Å². The number of aryl methyl sites for hydroxylation is 1. The van der Waals surface area contributed by atoms with Crippen LogP contribution in [0.2, 0.25) is 0 Å². The smallest absolute Gasteiger partial charge is 0.254 e. The number of ether oxygens (including phenoxy) is 1. The van der Waals surface area contributed by atoms with Crippen LogP contribution in [0.3, 0.4) is 0 Å². The molecule has 2 heterocycles. The summed E-state index contributed by atoms with van der Waals surface area (Å²) in [6.45, 7) is 1.67. The fourth-order valence-electron chi connectivity index (χ4n) is 3.14. The standard InChI is InChI=1S/C15H21NO2S/c1-18-11-6-8-16(9-7-11)15(17)13-10-19-14-5-3-2-4-12(13)14/h10-11H,2-9H2,1H3. The molecule has 1 aliphatic carbocycles. The van der Waals surface area contributed by atoms with E-state index >= 15 is 0 Å². The van der Waals surface area contributed by atoms with E-state index in [0.29, 0.717) is 6.10 Å². The summed E-state index contributed by atoms with van der Waals surface area (Å²) in [6, 6.07) is 0. The molecule has 1 fully saturated rings. The summed E-state index contributed by atoms with van der Waals surface area (Å²) < 4.78 is 5.36. The first-order valence-electron chi connectivity index (χ1n) is 7.21. The highest BCUT2D eigenvalue weighted by Gasteiger charge is 2.27. The molecule has 0 spiro atoms. The van der Waals surface area contributed by atoms with Crippen molar-refractivity contribution in [1.29, 1.82) is 0 Å². The van der Waals surface area contributed by atoms with Gasteiger partial charge in [-0.15, -0.1) is 11.3 Å². The number of rotatable bonds is 2. The molecule has 1 aliphatic heterocycles. The Bertz CT molecular complexity index is 461. The zero-order chi connectivity index (χ0) is 13.2. The molecular weight excluding hydrogens is 258 g/mol. The summed E-state index contributed by atoms with van der Waals surface area (Å²) in [7, 11) is 1.76. The number of carbonyl (C=O) groups is 1. The van der Waals surface area contributed by atoms with Crippen molar-refractivity contribution >= 4 is 17.2 Å². The Morgan fingerprint density at radius 1 is 1.32 bits per heavy atom. The van der Waals surface area contributed by atoms with E-state index in [2.05, 4.69) is 5.38 Å². The number of thiophene rings is 1. The van der Waals surface area contributed by atoms with Gasteiger partial charge in [-0.25, -0.2) is 0 Å². The van der Waals surface area contributed by atoms with Gasteiger partial charge in [0.1, 0.15) is 0 Å². The number of amides is 1.